The largest absolute Gasteiger partial charge is 0.394 e. The van der Waals surface area contributed by atoms with Gasteiger partial charge in [0.25, 0.3) is 0 Å². The molecule has 0 aliphatic carbocycles. The van der Waals surface area contributed by atoms with Gasteiger partial charge in [-0.1, -0.05) is 13.3 Å². The topological polar surface area (TPSA) is 75.8 Å². The van der Waals surface area contributed by atoms with Crippen LogP contribution in [0.5, 0.6) is 0 Å². The second kappa shape index (κ2) is 6.18. The van der Waals surface area contributed by atoms with Crippen molar-refractivity contribution in [2.45, 2.75) is 44.9 Å². The molecule has 0 bridgehead atoms. The van der Waals surface area contributed by atoms with E-state index >= 15 is 0 Å². The van der Waals surface area contributed by atoms with Gasteiger partial charge in [0.2, 0.25) is 5.91 Å². The van der Waals surface area contributed by atoms with Gasteiger partial charge < -0.3 is 20.5 Å². The van der Waals surface area contributed by atoms with Gasteiger partial charge >= 0.3 is 0 Å². The predicted molar refractivity (Wildman–Crippen MR) is 60.9 cm³/mol. The maximum absolute atomic E-state index is 12.0. The zero-order valence-electron chi connectivity index (χ0n) is 10.1. The standard InChI is InChI=1S/C11H22N2O3/c1-3-4-10(12)11(15)13-5-8(2)16-9(6-13)7-14/h8-10,14H,3-7,12H2,1-2H3/t8?,9?,10-/m0/s1. The zero-order chi connectivity index (χ0) is 12.1. The molecule has 0 spiro atoms. The molecule has 1 saturated heterocycles. The molecule has 1 rings (SSSR count). The lowest BCUT2D eigenvalue weighted by molar-refractivity contribution is -0.148. The number of nitrogens with two attached hydrogens (primary N) is 1. The predicted octanol–water partition coefficient (Wildman–Crippen LogP) is -0.278. The van der Waals surface area contributed by atoms with Crippen molar-refractivity contribution in [2.75, 3.05) is 19.7 Å². The maximum atomic E-state index is 12.0. The van der Waals surface area contributed by atoms with E-state index < -0.39 is 6.04 Å². The van der Waals surface area contributed by atoms with E-state index in [1.54, 1.807) is 4.90 Å². The Kier molecular flexibility index (Phi) is 5.18. The van der Waals surface area contributed by atoms with E-state index in [0.717, 1.165) is 6.42 Å². The van der Waals surface area contributed by atoms with E-state index in [0.29, 0.717) is 19.5 Å². The maximum Gasteiger partial charge on any atom is 0.239 e. The Balaban J connectivity index is 2.54. The minimum Gasteiger partial charge on any atom is -0.394 e. The minimum atomic E-state index is -0.422. The highest BCUT2D eigenvalue weighted by atomic mass is 16.5. The first-order valence-electron chi connectivity index (χ1n) is 5.89. The van der Waals surface area contributed by atoms with Crippen molar-refractivity contribution >= 4 is 5.91 Å². The molecule has 1 amide bonds. The van der Waals surface area contributed by atoms with Gasteiger partial charge in [-0.3, -0.25) is 4.79 Å². The number of hydrogen-bond acceptors (Lipinski definition) is 4. The molecule has 3 N–H and O–H groups in total. The smallest absolute Gasteiger partial charge is 0.239 e. The Morgan fingerprint density at radius 1 is 1.62 bits per heavy atom. The average molecular weight is 230 g/mol. The van der Waals surface area contributed by atoms with Gasteiger partial charge in [-0.25, -0.2) is 0 Å². The van der Waals surface area contributed by atoms with Gasteiger partial charge in [-0.2, -0.15) is 0 Å². The van der Waals surface area contributed by atoms with Crippen molar-refractivity contribution < 1.29 is 14.6 Å². The molecule has 0 aromatic rings. The second-order valence-electron chi connectivity index (χ2n) is 4.39. The number of nitrogens with zero attached hydrogens (tertiary/aromatic N) is 1. The van der Waals surface area contributed by atoms with Gasteiger partial charge in [-0.15, -0.1) is 0 Å². The summed E-state index contributed by atoms with van der Waals surface area (Å²) in [7, 11) is 0. The molecule has 2 unspecified atom stereocenters. The molecule has 3 atom stereocenters. The van der Waals surface area contributed by atoms with Crippen LogP contribution in [0.2, 0.25) is 0 Å². The summed E-state index contributed by atoms with van der Waals surface area (Å²) in [4.78, 5) is 13.7. The molecule has 1 aliphatic heterocycles. The molecule has 5 nitrogen and oxygen atoms in total. The van der Waals surface area contributed by atoms with Crippen LogP contribution in [0.1, 0.15) is 26.7 Å². The fraction of sp³-hybridized carbons (Fsp3) is 0.909. The van der Waals surface area contributed by atoms with Crippen LogP contribution in [-0.4, -0.2) is 53.9 Å². The lowest BCUT2D eigenvalue weighted by atomic mass is 10.1. The van der Waals surface area contributed by atoms with Crippen molar-refractivity contribution in [1.29, 1.82) is 0 Å². The van der Waals surface area contributed by atoms with Crippen molar-refractivity contribution in [3.63, 3.8) is 0 Å². The van der Waals surface area contributed by atoms with Gasteiger partial charge in [-0.05, 0) is 13.3 Å². The molecule has 0 saturated carbocycles. The van der Waals surface area contributed by atoms with E-state index in [9.17, 15) is 4.79 Å². The first kappa shape index (κ1) is 13.4. The first-order valence-corrected chi connectivity index (χ1v) is 5.89. The average Bonchev–Trinajstić information content (AvgIpc) is 2.27. The SMILES string of the molecule is CCC[C@H](N)C(=O)N1CC(C)OC(CO)C1. The highest BCUT2D eigenvalue weighted by Gasteiger charge is 2.30. The molecule has 94 valence electrons. The number of carbonyl (C=O) groups excluding carboxylic acids is 1. The van der Waals surface area contributed by atoms with Crippen molar-refractivity contribution in [2.24, 2.45) is 5.73 Å². The third kappa shape index (κ3) is 3.43. The van der Waals surface area contributed by atoms with E-state index in [1.807, 2.05) is 13.8 Å². The number of aliphatic hydroxyl groups is 1. The van der Waals surface area contributed by atoms with Gasteiger partial charge in [0.1, 0.15) is 0 Å². The first-order chi connectivity index (χ1) is 7.58. The van der Waals surface area contributed by atoms with Crippen molar-refractivity contribution in [3.05, 3.63) is 0 Å². The Morgan fingerprint density at radius 3 is 2.88 bits per heavy atom. The number of morpholine rings is 1. The lowest BCUT2D eigenvalue weighted by Gasteiger charge is -2.37. The van der Waals surface area contributed by atoms with Crippen LogP contribution in [0.4, 0.5) is 0 Å². The van der Waals surface area contributed by atoms with E-state index in [-0.39, 0.29) is 24.7 Å². The zero-order valence-corrected chi connectivity index (χ0v) is 10.1. The monoisotopic (exact) mass is 230 g/mol. The molecule has 1 fully saturated rings. The third-order valence-corrected chi connectivity index (χ3v) is 2.76. The molecule has 0 aromatic heterocycles. The Hall–Kier alpha value is -0.650. The fourth-order valence-corrected chi connectivity index (χ4v) is 2.00. The summed E-state index contributed by atoms with van der Waals surface area (Å²) in [5.41, 5.74) is 5.80. The summed E-state index contributed by atoms with van der Waals surface area (Å²) < 4.78 is 5.47. The summed E-state index contributed by atoms with van der Waals surface area (Å²) in [6.45, 7) is 4.85. The van der Waals surface area contributed by atoms with Crippen LogP contribution < -0.4 is 5.73 Å². The fourth-order valence-electron chi connectivity index (χ4n) is 2.00. The molecule has 0 aromatic carbocycles. The Labute approximate surface area is 96.6 Å². The lowest BCUT2D eigenvalue weighted by Crippen LogP contribution is -2.54. The van der Waals surface area contributed by atoms with Gasteiger partial charge in [0.15, 0.2) is 0 Å². The quantitative estimate of drug-likeness (QED) is 0.696. The molecule has 5 heteroatoms. The van der Waals surface area contributed by atoms with Crippen LogP contribution in [0.3, 0.4) is 0 Å². The minimum absolute atomic E-state index is 0.0320. The highest BCUT2D eigenvalue weighted by molar-refractivity contribution is 5.81. The van der Waals surface area contributed by atoms with E-state index in [2.05, 4.69) is 0 Å². The van der Waals surface area contributed by atoms with Crippen LogP contribution in [0, 0.1) is 0 Å². The number of rotatable bonds is 4. The Morgan fingerprint density at radius 2 is 2.31 bits per heavy atom. The molecular weight excluding hydrogens is 208 g/mol. The molecular formula is C11H22N2O3. The third-order valence-electron chi connectivity index (χ3n) is 2.76. The van der Waals surface area contributed by atoms with E-state index in [1.165, 1.54) is 0 Å². The summed E-state index contributed by atoms with van der Waals surface area (Å²) in [5.74, 6) is -0.0320. The highest BCUT2D eigenvalue weighted by Crippen LogP contribution is 2.12. The van der Waals surface area contributed by atoms with Crippen molar-refractivity contribution in [1.82, 2.24) is 4.90 Å². The van der Waals surface area contributed by atoms with E-state index in [4.69, 9.17) is 15.6 Å². The van der Waals surface area contributed by atoms with Crippen LogP contribution in [-0.2, 0) is 9.53 Å². The molecule has 0 radical (unpaired) electrons. The van der Waals surface area contributed by atoms with Crippen LogP contribution >= 0.6 is 0 Å². The number of carbonyl (C=O) groups is 1. The van der Waals surface area contributed by atoms with Crippen LogP contribution in [0.25, 0.3) is 0 Å². The number of ether oxygens (including phenoxy) is 1. The number of amides is 1. The van der Waals surface area contributed by atoms with Crippen molar-refractivity contribution in [3.8, 4) is 0 Å². The molecule has 1 heterocycles. The number of aliphatic hydroxyl groups excluding tert-OH is 1. The second-order valence-corrected chi connectivity index (χ2v) is 4.39. The summed E-state index contributed by atoms with van der Waals surface area (Å²) in [6, 6.07) is -0.422. The number of hydrogen-bond donors (Lipinski definition) is 2. The van der Waals surface area contributed by atoms with Gasteiger partial charge in [0.05, 0.1) is 24.9 Å². The van der Waals surface area contributed by atoms with Crippen LogP contribution in [0.15, 0.2) is 0 Å². The summed E-state index contributed by atoms with van der Waals surface area (Å²) in [6.07, 6.45) is 1.29. The van der Waals surface area contributed by atoms with Gasteiger partial charge in [0, 0.05) is 13.1 Å². The normalized spacial score (nSPS) is 27.9. The Bertz CT molecular complexity index is 235. The summed E-state index contributed by atoms with van der Waals surface area (Å²) >= 11 is 0. The molecule has 1 aliphatic rings. The summed E-state index contributed by atoms with van der Waals surface area (Å²) in [5, 5.41) is 9.06. The molecule has 16 heavy (non-hydrogen) atoms.